The third kappa shape index (κ3) is 2.73. The number of anilines is 2. The van der Waals surface area contributed by atoms with Crippen molar-refractivity contribution in [1.82, 2.24) is 9.27 Å². The van der Waals surface area contributed by atoms with Crippen LogP contribution in [0.3, 0.4) is 0 Å². The molecule has 2 atom stereocenters. The molecule has 0 saturated carbocycles. The van der Waals surface area contributed by atoms with E-state index in [0.29, 0.717) is 24.3 Å². The number of carbonyl (C=O) groups excluding carboxylic acids is 1. The number of hydrogen-bond donors (Lipinski definition) is 1. The summed E-state index contributed by atoms with van der Waals surface area (Å²) < 4.78 is 9.21. The molecule has 2 N–H and O–H groups in total. The Morgan fingerprint density at radius 1 is 1.45 bits per heavy atom. The van der Waals surface area contributed by atoms with Gasteiger partial charge in [0.2, 0.25) is 0 Å². The second kappa shape index (κ2) is 5.97. The summed E-state index contributed by atoms with van der Waals surface area (Å²) in [5, 5.41) is 0.827. The van der Waals surface area contributed by atoms with Crippen LogP contribution in [0.4, 0.5) is 10.8 Å². The minimum Gasteiger partial charge on any atom is -0.462 e. The van der Waals surface area contributed by atoms with Crippen molar-refractivity contribution in [1.29, 1.82) is 0 Å². The average Bonchev–Trinajstić information content (AvgIpc) is 2.77. The molecule has 1 saturated heterocycles. The number of ether oxygens (including phenoxy) is 1. The molecule has 6 nitrogen and oxygen atoms in total. The van der Waals surface area contributed by atoms with Gasteiger partial charge in [-0.15, -0.1) is 0 Å². The van der Waals surface area contributed by atoms with Gasteiger partial charge in [0.25, 0.3) is 0 Å². The van der Waals surface area contributed by atoms with E-state index in [2.05, 4.69) is 35.1 Å². The number of likely N-dealkylation sites (N-methyl/N-ethyl adjacent to an activating group) is 1. The maximum Gasteiger partial charge on any atom is 0.345 e. The number of aromatic nitrogens is 1. The summed E-state index contributed by atoms with van der Waals surface area (Å²) >= 11 is 1.27. The van der Waals surface area contributed by atoms with E-state index in [1.54, 1.807) is 6.92 Å². The van der Waals surface area contributed by atoms with Crippen LogP contribution in [0.2, 0.25) is 0 Å². The Kier molecular flexibility index (Phi) is 4.49. The van der Waals surface area contributed by atoms with Crippen molar-refractivity contribution in [3.63, 3.8) is 0 Å². The fraction of sp³-hybridized carbons (Fsp3) is 0.692. The summed E-state index contributed by atoms with van der Waals surface area (Å²) in [7, 11) is 2.12. The lowest BCUT2D eigenvalue weighted by Gasteiger charge is -2.42. The van der Waals surface area contributed by atoms with Crippen molar-refractivity contribution in [3.8, 4) is 0 Å². The molecule has 0 aromatic carbocycles. The molecule has 2 heterocycles. The number of piperazine rings is 1. The van der Waals surface area contributed by atoms with Gasteiger partial charge in [-0.2, -0.15) is 4.37 Å². The van der Waals surface area contributed by atoms with Gasteiger partial charge in [0.1, 0.15) is 10.6 Å². The van der Waals surface area contributed by atoms with E-state index >= 15 is 0 Å². The predicted octanol–water partition coefficient (Wildman–Crippen LogP) is 1.43. The van der Waals surface area contributed by atoms with Gasteiger partial charge in [-0.25, -0.2) is 4.79 Å². The van der Waals surface area contributed by atoms with Crippen LogP contribution in [0, 0.1) is 0 Å². The van der Waals surface area contributed by atoms with Crippen LogP contribution in [0.15, 0.2) is 0 Å². The van der Waals surface area contributed by atoms with Gasteiger partial charge < -0.3 is 15.4 Å². The predicted molar refractivity (Wildman–Crippen MR) is 81.4 cm³/mol. The molecule has 0 aliphatic carbocycles. The lowest BCUT2D eigenvalue weighted by Crippen LogP contribution is -2.55. The number of nitrogen functional groups attached to an aromatic ring is 1. The monoisotopic (exact) mass is 298 g/mol. The van der Waals surface area contributed by atoms with E-state index < -0.39 is 0 Å². The number of rotatable bonds is 3. The summed E-state index contributed by atoms with van der Waals surface area (Å²) in [6.45, 7) is 8.19. The van der Waals surface area contributed by atoms with E-state index in [4.69, 9.17) is 10.5 Å². The van der Waals surface area contributed by atoms with Crippen molar-refractivity contribution in [3.05, 3.63) is 5.56 Å². The molecular formula is C13H22N4O2S. The Bertz CT molecular complexity index is 479. The Labute approximate surface area is 123 Å². The van der Waals surface area contributed by atoms with Gasteiger partial charge in [0.15, 0.2) is 5.82 Å². The molecule has 112 valence electrons. The molecule has 1 aliphatic rings. The number of esters is 1. The topological polar surface area (TPSA) is 71.7 Å². The standard InChI is InChI=1S/C13H22N4O2S/c1-5-19-13(18)10-11(14)15-20-12(10)17-6-8(2)16(4)9(3)7-17/h8-9H,5-7H2,1-4H3,(H2,14,15). The van der Waals surface area contributed by atoms with Gasteiger partial charge in [0, 0.05) is 25.2 Å². The number of carbonyl (C=O) groups is 1. The zero-order chi connectivity index (χ0) is 14.9. The van der Waals surface area contributed by atoms with Crippen molar-refractivity contribution in [2.75, 3.05) is 37.4 Å². The normalized spacial score (nSPS) is 23.9. The van der Waals surface area contributed by atoms with Crippen LogP contribution in [0.5, 0.6) is 0 Å². The van der Waals surface area contributed by atoms with Gasteiger partial charge >= 0.3 is 5.97 Å². The number of hydrogen-bond acceptors (Lipinski definition) is 7. The Balaban J connectivity index is 2.27. The van der Waals surface area contributed by atoms with Gasteiger partial charge in [0.05, 0.1) is 6.61 Å². The zero-order valence-corrected chi connectivity index (χ0v) is 13.2. The Morgan fingerprint density at radius 3 is 2.60 bits per heavy atom. The smallest absolute Gasteiger partial charge is 0.345 e. The van der Waals surface area contributed by atoms with E-state index in [0.717, 1.165) is 18.1 Å². The summed E-state index contributed by atoms with van der Waals surface area (Å²) in [4.78, 5) is 16.6. The van der Waals surface area contributed by atoms with Crippen LogP contribution < -0.4 is 10.6 Å². The number of nitrogens with two attached hydrogens (primary N) is 1. The highest BCUT2D eigenvalue weighted by Crippen LogP contribution is 2.33. The highest BCUT2D eigenvalue weighted by atomic mass is 32.1. The molecule has 20 heavy (non-hydrogen) atoms. The van der Waals surface area contributed by atoms with Gasteiger partial charge in [-0.3, -0.25) is 4.90 Å². The van der Waals surface area contributed by atoms with Crippen LogP contribution in [0.1, 0.15) is 31.1 Å². The van der Waals surface area contributed by atoms with E-state index in [9.17, 15) is 4.79 Å². The maximum absolute atomic E-state index is 12.0. The molecule has 1 aliphatic heterocycles. The molecular weight excluding hydrogens is 276 g/mol. The molecule has 2 unspecified atom stereocenters. The fourth-order valence-corrected chi connectivity index (χ4v) is 3.29. The largest absolute Gasteiger partial charge is 0.462 e. The molecule has 0 radical (unpaired) electrons. The molecule has 1 aromatic heterocycles. The highest BCUT2D eigenvalue weighted by Gasteiger charge is 2.31. The molecule has 0 amide bonds. The first-order valence-electron chi connectivity index (χ1n) is 6.84. The first kappa shape index (κ1) is 15.1. The van der Waals surface area contributed by atoms with Crippen LogP contribution in [-0.4, -0.2) is 54.1 Å². The summed E-state index contributed by atoms with van der Waals surface area (Å²) in [5.74, 6) is -0.115. The Morgan fingerprint density at radius 2 is 2.05 bits per heavy atom. The second-order valence-corrected chi connectivity index (χ2v) is 5.99. The second-order valence-electron chi connectivity index (χ2n) is 5.24. The molecule has 7 heteroatoms. The molecule has 2 rings (SSSR count). The molecule has 1 aromatic rings. The lowest BCUT2D eigenvalue weighted by molar-refractivity contribution is 0.0528. The molecule has 0 bridgehead atoms. The van der Waals surface area contributed by atoms with E-state index in [-0.39, 0.29) is 11.8 Å². The first-order valence-corrected chi connectivity index (χ1v) is 7.62. The van der Waals surface area contributed by atoms with Gasteiger partial charge in [-0.05, 0) is 39.4 Å². The van der Waals surface area contributed by atoms with E-state index in [1.807, 2.05) is 0 Å². The summed E-state index contributed by atoms with van der Waals surface area (Å²) in [6.07, 6.45) is 0. The minimum atomic E-state index is -0.381. The van der Waals surface area contributed by atoms with Crippen molar-refractivity contribution in [2.45, 2.75) is 32.9 Å². The zero-order valence-electron chi connectivity index (χ0n) is 12.4. The van der Waals surface area contributed by atoms with E-state index in [1.165, 1.54) is 11.5 Å². The highest BCUT2D eigenvalue weighted by molar-refractivity contribution is 7.11. The minimum absolute atomic E-state index is 0.266. The SMILES string of the molecule is CCOC(=O)c1c(N)nsc1N1CC(C)N(C)C(C)C1. The first-order chi connectivity index (χ1) is 9.45. The Hall–Kier alpha value is -1.34. The van der Waals surface area contributed by atoms with Crippen molar-refractivity contribution >= 4 is 28.3 Å². The fourth-order valence-electron chi connectivity index (χ4n) is 2.47. The summed E-state index contributed by atoms with van der Waals surface area (Å²) in [5.41, 5.74) is 6.25. The number of nitrogens with zero attached hydrogens (tertiary/aromatic N) is 3. The van der Waals surface area contributed by atoms with Crippen LogP contribution >= 0.6 is 11.5 Å². The molecule has 1 fully saturated rings. The summed E-state index contributed by atoms with van der Waals surface area (Å²) in [6, 6.07) is 0.828. The quantitative estimate of drug-likeness (QED) is 0.851. The average molecular weight is 298 g/mol. The van der Waals surface area contributed by atoms with Crippen molar-refractivity contribution < 1.29 is 9.53 Å². The maximum atomic E-state index is 12.0. The lowest BCUT2D eigenvalue weighted by atomic mass is 10.1. The van der Waals surface area contributed by atoms with Crippen LogP contribution in [0.25, 0.3) is 0 Å². The molecule has 0 spiro atoms. The third-order valence-electron chi connectivity index (χ3n) is 3.83. The van der Waals surface area contributed by atoms with Crippen LogP contribution in [-0.2, 0) is 4.74 Å². The van der Waals surface area contributed by atoms with Crippen molar-refractivity contribution in [2.24, 2.45) is 0 Å². The van der Waals surface area contributed by atoms with Gasteiger partial charge in [-0.1, -0.05) is 0 Å². The third-order valence-corrected chi connectivity index (χ3v) is 4.75.